The second-order valence-corrected chi connectivity index (χ2v) is 4.95. The van der Waals surface area contributed by atoms with Gasteiger partial charge in [0.05, 0.1) is 5.69 Å². The molecule has 0 radical (unpaired) electrons. The average molecular weight is 257 g/mol. The van der Waals surface area contributed by atoms with Crippen LogP contribution in [0, 0.1) is 5.92 Å². The van der Waals surface area contributed by atoms with Crippen LogP contribution in [0.1, 0.15) is 20.3 Å². The molecule has 4 nitrogen and oxygen atoms in total. The summed E-state index contributed by atoms with van der Waals surface area (Å²) in [6, 6.07) is 11.2. The van der Waals surface area contributed by atoms with Crippen LogP contribution in [0.25, 0.3) is 11.3 Å². The molecular formula is C15H19N3O. The number of nitrogens with one attached hydrogen (secondary N) is 2. The maximum Gasteiger partial charge on any atom is 0.252 e. The van der Waals surface area contributed by atoms with Crippen molar-refractivity contribution in [3.05, 3.63) is 46.8 Å². The fraction of sp³-hybridized carbons (Fsp3) is 0.333. The summed E-state index contributed by atoms with van der Waals surface area (Å²) in [5, 5.41) is 3.16. The number of H-pyrrole nitrogens is 1. The molecular weight excluding hydrogens is 238 g/mol. The lowest BCUT2D eigenvalue weighted by Gasteiger charge is -2.08. The predicted molar refractivity (Wildman–Crippen MR) is 78.2 cm³/mol. The maximum absolute atomic E-state index is 11.6. The molecule has 0 aliphatic rings. The highest BCUT2D eigenvalue weighted by Crippen LogP contribution is 2.15. The Balaban J connectivity index is 2.18. The van der Waals surface area contributed by atoms with E-state index < -0.39 is 0 Å². The molecule has 2 aromatic rings. The number of aromatic nitrogens is 2. The van der Waals surface area contributed by atoms with Gasteiger partial charge in [0.25, 0.3) is 5.56 Å². The van der Waals surface area contributed by atoms with E-state index in [1.54, 1.807) is 0 Å². The Morgan fingerprint density at radius 1 is 1.26 bits per heavy atom. The highest BCUT2D eigenvalue weighted by Gasteiger charge is 2.03. The number of nitrogens with zero attached hydrogens (tertiary/aromatic N) is 1. The van der Waals surface area contributed by atoms with Gasteiger partial charge in [-0.25, -0.2) is 4.98 Å². The Kier molecular flexibility index (Phi) is 4.34. The van der Waals surface area contributed by atoms with Crippen LogP contribution in [0.5, 0.6) is 0 Å². The topological polar surface area (TPSA) is 57.8 Å². The van der Waals surface area contributed by atoms with E-state index in [1.165, 1.54) is 6.07 Å². The molecule has 0 spiro atoms. The van der Waals surface area contributed by atoms with Gasteiger partial charge in [0, 0.05) is 18.2 Å². The molecule has 0 aliphatic heterocycles. The SMILES string of the molecule is CC(C)CCNc1nc(-c2ccccc2)cc(=O)[nH]1. The number of anilines is 1. The third-order valence-electron chi connectivity index (χ3n) is 2.83. The van der Waals surface area contributed by atoms with Crippen molar-refractivity contribution in [1.82, 2.24) is 9.97 Å². The number of hydrogen-bond acceptors (Lipinski definition) is 3. The molecule has 4 heteroatoms. The molecule has 2 N–H and O–H groups in total. The number of hydrogen-bond donors (Lipinski definition) is 2. The standard InChI is InChI=1S/C15H19N3O/c1-11(2)8-9-16-15-17-13(10-14(19)18-15)12-6-4-3-5-7-12/h3-7,10-11H,8-9H2,1-2H3,(H2,16,17,18,19). The minimum absolute atomic E-state index is 0.138. The van der Waals surface area contributed by atoms with Crippen LogP contribution in [0.4, 0.5) is 5.95 Å². The first-order valence-corrected chi connectivity index (χ1v) is 6.56. The Morgan fingerprint density at radius 2 is 2.00 bits per heavy atom. The number of aromatic amines is 1. The fourth-order valence-electron chi connectivity index (χ4n) is 1.78. The number of benzene rings is 1. The van der Waals surface area contributed by atoms with Gasteiger partial charge in [0.15, 0.2) is 0 Å². The van der Waals surface area contributed by atoms with Gasteiger partial charge in [-0.05, 0) is 12.3 Å². The van der Waals surface area contributed by atoms with Crippen LogP contribution in [0.2, 0.25) is 0 Å². The van der Waals surface area contributed by atoms with Crippen LogP contribution in [0.15, 0.2) is 41.2 Å². The van der Waals surface area contributed by atoms with Crippen molar-refractivity contribution in [3.63, 3.8) is 0 Å². The summed E-state index contributed by atoms with van der Waals surface area (Å²) in [7, 11) is 0. The first-order valence-electron chi connectivity index (χ1n) is 6.56. The molecule has 0 bridgehead atoms. The summed E-state index contributed by atoms with van der Waals surface area (Å²) >= 11 is 0. The summed E-state index contributed by atoms with van der Waals surface area (Å²) in [5.41, 5.74) is 1.50. The second kappa shape index (κ2) is 6.18. The zero-order valence-electron chi connectivity index (χ0n) is 11.3. The van der Waals surface area contributed by atoms with Crippen molar-refractivity contribution < 1.29 is 0 Å². The summed E-state index contributed by atoms with van der Waals surface area (Å²) < 4.78 is 0. The van der Waals surface area contributed by atoms with Crippen LogP contribution < -0.4 is 10.9 Å². The Bertz CT molecular complexity index is 575. The van der Waals surface area contributed by atoms with Gasteiger partial charge < -0.3 is 5.32 Å². The van der Waals surface area contributed by atoms with Crippen molar-refractivity contribution in [2.75, 3.05) is 11.9 Å². The third-order valence-corrected chi connectivity index (χ3v) is 2.83. The van der Waals surface area contributed by atoms with E-state index >= 15 is 0 Å². The Labute approximate surface area is 112 Å². The van der Waals surface area contributed by atoms with E-state index in [0.717, 1.165) is 18.5 Å². The molecule has 19 heavy (non-hydrogen) atoms. The van der Waals surface area contributed by atoms with Crippen molar-refractivity contribution in [2.24, 2.45) is 5.92 Å². The lowest BCUT2D eigenvalue weighted by atomic mass is 10.1. The minimum Gasteiger partial charge on any atom is -0.356 e. The maximum atomic E-state index is 11.6. The normalized spacial score (nSPS) is 10.7. The van der Waals surface area contributed by atoms with E-state index in [2.05, 4.69) is 29.1 Å². The van der Waals surface area contributed by atoms with Gasteiger partial charge in [-0.2, -0.15) is 0 Å². The van der Waals surface area contributed by atoms with E-state index in [4.69, 9.17) is 0 Å². The largest absolute Gasteiger partial charge is 0.356 e. The molecule has 1 aromatic heterocycles. The Morgan fingerprint density at radius 3 is 2.68 bits per heavy atom. The van der Waals surface area contributed by atoms with Gasteiger partial charge in [0.1, 0.15) is 0 Å². The second-order valence-electron chi connectivity index (χ2n) is 4.95. The van der Waals surface area contributed by atoms with Gasteiger partial charge in [-0.3, -0.25) is 9.78 Å². The molecule has 0 atom stereocenters. The summed E-state index contributed by atoms with van der Waals surface area (Å²) in [4.78, 5) is 18.8. The fourth-order valence-corrected chi connectivity index (χ4v) is 1.78. The van der Waals surface area contributed by atoms with E-state index in [1.807, 2.05) is 30.3 Å². The van der Waals surface area contributed by atoms with E-state index in [0.29, 0.717) is 17.6 Å². The summed E-state index contributed by atoms with van der Waals surface area (Å²) in [5.74, 6) is 1.16. The molecule has 0 saturated carbocycles. The van der Waals surface area contributed by atoms with Crippen LogP contribution >= 0.6 is 0 Å². The molecule has 100 valence electrons. The van der Waals surface area contributed by atoms with E-state index in [9.17, 15) is 4.79 Å². The van der Waals surface area contributed by atoms with Gasteiger partial charge in [0.2, 0.25) is 5.95 Å². The lowest BCUT2D eigenvalue weighted by molar-refractivity contribution is 0.606. The lowest BCUT2D eigenvalue weighted by Crippen LogP contribution is -2.14. The first kappa shape index (κ1) is 13.3. The van der Waals surface area contributed by atoms with Crippen molar-refractivity contribution in [1.29, 1.82) is 0 Å². The molecule has 0 amide bonds. The van der Waals surface area contributed by atoms with Crippen LogP contribution in [-0.4, -0.2) is 16.5 Å². The average Bonchev–Trinajstić information content (AvgIpc) is 2.39. The highest BCUT2D eigenvalue weighted by molar-refractivity contribution is 5.59. The smallest absolute Gasteiger partial charge is 0.252 e. The minimum atomic E-state index is -0.138. The zero-order chi connectivity index (χ0) is 13.7. The van der Waals surface area contributed by atoms with Gasteiger partial charge in [-0.15, -0.1) is 0 Å². The highest BCUT2D eigenvalue weighted by atomic mass is 16.1. The molecule has 0 fully saturated rings. The quantitative estimate of drug-likeness (QED) is 0.866. The van der Waals surface area contributed by atoms with Crippen molar-refractivity contribution in [2.45, 2.75) is 20.3 Å². The Hall–Kier alpha value is -2.10. The third kappa shape index (κ3) is 3.95. The van der Waals surface area contributed by atoms with Crippen LogP contribution in [-0.2, 0) is 0 Å². The van der Waals surface area contributed by atoms with Crippen molar-refractivity contribution >= 4 is 5.95 Å². The van der Waals surface area contributed by atoms with Gasteiger partial charge >= 0.3 is 0 Å². The number of rotatable bonds is 5. The molecule has 0 unspecified atom stereocenters. The molecule has 2 rings (SSSR count). The predicted octanol–water partition coefficient (Wildman–Crippen LogP) is 2.89. The van der Waals surface area contributed by atoms with Gasteiger partial charge in [-0.1, -0.05) is 44.2 Å². The first-order chi connectivity index (χ1) is 9.15. The molecule has 1 aromatic carbocycles. The molecule has 0 aliphatic carbocycles. The molecule has 0 saturated heterocycles. The van der Waals surface area contributed by atoms with E-state index in [-0.39, 0.29) is 5.56 Å². The summed E-state index contributed by atoms with van der Waals surface area (Å²) in [6.07, 6.45) is 1.04. The monoisotopic (exact) mass is 257 g/mol. The van der Waals surface area contributed by atoms with Crippen molar-refractivity contribution in [3.8, 4) is 11.3 Å². The summed E-state index contributed by atoms with van der Waals surface area (Å²) in [6.45, 7) is 5.13. The van der Waals surface area contributed by atoms with Crippen LogP contribution in [0.3, 0.4) is 0 Å². The molecule has 1 heterocycles. The zero-order valence-corrected chi connectivity index (χ0v) is 11.3.